The van der Waals surface area contributed by atoms with Gasteiger partial charge in [-0.2, -0.15) is 0 Å². The molecule has 38 heavy (non-hydrogen) atoms. The van der Waals surface area contributed by atoms with Gasteiger partial charge in [-0.05, 0) is 82.4 Å². The Hall–Kier alpha value is -3.71. The summed E-state index contributed by atoms with van der Waals surface area (Å²) in [5.41, 5.74) is 6.70. The zero-order chi connectivity index (χ0) is 27.4. The second kappa shape index (κ2) is 11.8. The van der Waals surface area contributed by atoms with Gasteiger partial charge in [0.2, 0.25) is 0 Å². The molecule has 1 aromatic carbocycles. The van der Waals surface area contributed by atoms with Crippen molar-refractivity contribution in [1.29, 1.82) is 0 Å². The van der Waals surface area contributed by atoms with Crippen molar-refractivity contribution in [2.24, 2.45) is 0 Å². The fourth-order valence-corrected chi connectivity index (χ4v) is 5.20. The van der Waals surface area contributed by atoms with Gasteiger partial charge in [-0.25, -0.2) is 0 Å². The van der Waals surface area contributed by atoms with Crippen LogP contribution < -0.4 is 10.9 Å². The highest BCUT2D eigenvalue weighted by Crippen LogP contribution is 2.31. The number of hydrogen-bond donors (Lipinski definition) is 1. The molecule has 200 valence electrons. The van der Waals surface area contributed by atoms with E-state index < -0.39 is 0 Å². The number of hydrogen-bond acceptors (Lipinski definition) is 5. The highest BCUT2D eigenvalue weighted by Gasteiger charge is 2.25. The lowest BCUT2D eigenvalue weighted by molar-refractivity contribution is 0.0827. The minimum atomic E-state index is -0.0796. The number of piperidine rings is 1. The fraction of sp³-hybridized carbons (Fsp3) is 0.387. The van der Waals surface area contributed by atoms with Gasteiger partial charge in [0.1, 0.15) is 0 Å². The Morgan fingerprint density at radius 1 is 1.13 bits per heavy atom. The summed E-state index contributed by atoms with van der Waals surface area (Å²) in [7, 11) is 5.37. The van der Waals surface area contributed by atoms with Crippen LogP contribution >= 0.6 is 0 Å². The number of benzene rings is 1. The molecule has 7 nitrogen and oxygen atoms in total. The maximum atomic E-state index is 12.8. The smallest absolute Gasteiger partial charge is 0.257 e. The summed E-state index contributed by atoms with van der Waals surface area (Å²) in [6.45, 7) is 8.44. The molecule has 1 unspecified atom stereocenters. The van der Waals surface area contributed by atoms with Gasteiger partial charge in [0.15, 0.2) is 0 Å². The number of amides is 1. The summed E-state index contributed by atoms with van der Waals surface area (Å²) in [5.74, 6) is 0.542. The molecule has 1 N–H and O–H groups in total. The summed E-state index contributed by atoms with van der Waals surface area (Å²) in [6.07, 6.45) is 7.93. The predicted octanol–water partition coefficient (Wildman–Crippen LogP) is 4.96. The zero-order valence-electron chi connectivity index (χ0n) is 23.4. The highest BCUT2D eigenvalue weighted by atomic mass is 16.2. The molecule has 1 fully saturated rings. The first-order valence-electron chi connectivity index (χ1n) is 13.3. The number of nitrogens with one attached hydrogen (secondary N) is 1. The van der Waals surface area contributed by atoms with Crippen molar-refractivity contribution in [3.05, 3.63) is 93.2 Å². The van der Waals surface area contributed by atoms with Crippen LogP contribution in [-0.4, -0.2) is 65.5 Å². The third-order valence-corrected chi connectivity index (χ3v) is 7.78. The van der Waals surface area contributed by atoms with E-state index in [9.17, 15) is 9.59 Å². The van der Waals surface area contributed by atoms with Crippen LogP contribution in [0.15, 0.2) is 65.2 Å². The van der Waals surface area contributed by atoms with E-state index in [4.69, 9.17) is 0 Å². The lowest BCUT2D eigenvalue weighted by Crippen LogP contribution is -2.40. The Kier molecular flexibility index (Phi) is 8.47. The standard InChI is InChI=1S/C31H39N5O2/c1-21(19-28-22(2)33-15-11-29(28)36-18-14-27(32-4)20-30(36)37)23(3)35-16-12-25(13-17-35)24-7-9-26(10-8-24)31(38)34(5)6/h7-11,14-15,18-20,23,25,32H,12-13,16-17H2,1-6H3/b21-19+. The van der Waals surface area contributed by atoms with E-state index in [-0.39, 0.29) is 17.5 Å². The quantitative estimate of drug-likeness (QED) is 0.484. The molecule has 4 rings (SSSR count). The van der Waals surface area contributed by atoms with Gasteiger partial charge < -0.3 is 10.2 Å². The zero-order valence-corrected chi connectivity index (χ0v) is 23.4. The lowest BCUT2D eigenvalue weighted by Gasteiger charge is -2.37. The monoisotopic (exact) mass is 513 g/mol. The third kappa shape index (κ3) is 5.89. The first-order chi connectivity index (χ1) is 18.2. The molecule has 0 bridgehead atoms. The summed E-state index contributed by atoms with van der Waals surface area (Å²) in [6, 6.07) is 13.8. The van der Waals surface area contributed by atoms with Crippen molar-refractivity contribution in [1.82, 2.24) is 19.4 Å². The number of likely N-dealkylation sites (tertiary alicyclic amines) is 1. The number of aryl methyl sites for hydroxylation is 1. The molecule has 0 saturated carbocycles. The molecule has 0 spiro atoms. The third-order valence-electron chi connectivity index (χ3n) is 7.78. The highest BCUT2D eigenvalue weighted by molar-refractivity contribution is 5.93. The van der Waals surface area contributed by atoms with Crippen LogP contribution in [-0.2, 0) is 0 Å². The molecule has 7 heteroatoms. The summed E-state index contributed by atoms with van der Waals surface area (Å²) >= 11 is 0. The normalized spacial score (nSPS) is 15.8. The molecule has 1 aliphatic heterocycles. The first-order valence-corrected chi connectivity index (χ1v) is 13.3. The van der Waals surface area contributed by atoms with E-state index in [0.29, 0.717) is 5.92 Å². The van der Waals surface area contributed by atoms with Crippen LogP contribution in [0.1, 0.15) is 59.8 Å². The summed E-state index contributed by atoms with van der Waals surface area (Å²) in [4.78, 5) is 33.7. The van der Waals surface area contributed by atoms with Crippen LogP contribution in [0.2, 0.25) is 0 Å². The molecular formula is C31H39N5O2. The largest absolute Gasteiger partial charge is 0.388 e. The minimum Gasteiger partial charge on any atom is -0.388 e. The van der Waals surface area contributed by atoms with Crippen LogP contribution in [0.5, 0.6) is 0 Å². The number of nitrogens with zero attached hydrogens (tertiary/aromatic N) is 4. The molecule has 3 heterocycles. The van der Waals surface area contributed by atoms with Gasteiger partial charge in [0, 0.05) is 68.2 Å². The van der Waals surface area contributed by atoms with Gasteiger partial charge in [-0.15, -0.1) is 0 Å². The van der Waals surface area contributed by atoms with Crippen molar-refractivity contribution < 1.29 is 4.79 Å². The van der Waals surface area contributed by atoms with Gasteiger partial charge in [-0.3, -0.25) is 24.0 Å². The molecule has 1 saturated heterocycles. The SMILES string of the molecule is CNc1ccn(-c2ccnc(C)c2/C=C(\C)C(C)N2CCC(c3ccc(C(=O)N(C)C)cc3)CC2)c(=O)c1. The molecule has 1 amide bonds. The van der Waals surface area contributed by atoms with E-state index in [1.54, 1.807) is 35.8 Å². The Balaban J connectivity index is 1.48. The number of anilines is 1. The maximum absolute atomic E-state index is 12.8. The van der Waals surface area contributed by atoms with Crippen LogP contribution in [0, 0.1) is 6.92 Å². The Morgan fingerprint density at radius 2 is 1.82 bits per heavy atom. The van der Waals surface area contributed by atoms with E-state index in [1.807, 2.05) is 44.4 Å². The average molecular weight is 514 g/mol. The fourth-order valence-electron chi connectivity index (χ4n) is 5.20. The van der Waals surface area contributed by atoms with E-state index in [1.165, 1.54) is 11.1 Å². The molecule has 0 radical (unpaired) electrons. The topological polar surface area (TPSA) is 70.5 Å². The lowest BCUT2D eigenvalue weighted by atomic mass is 9.88. The summed E-state index contributed by atoms with van der Waals surface area (Å²) in [5, 5.41) is 3.02. The first kappa shape index (κ1) is 27.3. The Labute approximate surface area is 225 Å². The molecule has 0 aliphatic carbocycles. The number of rotatable bonds is 7. The number of pyridine rings is 2. The van der Waals surface area contributed by atoms with Crippen LogP contribution in [0.25, 0.3) is 11.8 Å². The molecular weight excluding hydrogens is 474 g/mol. The van der Waals surface area contributed by atoms with Crippen molar-refractivity contribution >= 4 is 17.7 Å². The molecule has 3 aromatic rings. The van der Waals surface area contributed by atoms with Crippen molar-refractivity contribution in [3.63, 3.8) is 0 Å². The van der Waals surface area contributed by atoms with Crippen molar-refractivity contribution in [3.8, 4) is 5.69 Å². The average Bonchev–Trinajstić information content (AvgIpc) is 2.93. The number of carbonyl (C=O) groups excluding carboxylic acids is 1. The van der Waals surface area contributed by atoms with Gasteiger partial charge in [-0.1, -0.05) is 23.8 Å². The van der Waals surface area contributed by atoms with E-state index >= 15 is 0 Å². The number of carbonyl (C=O) groups is 1. The predicted molar refractivity (Wildman–Crippen MR) is 155 cm³/mol. The van der Waals surface area contributed by atoms with Crippen LogP contribution in [0.3, 0.4) is 0 Å². The Morgan fingerprint density at radius 3 is 2.42 bits per heavy atom. The second-order valence-electron chi connectivity index (χ2n) is 10.4. The Bertz CT molecular complexity index is 1370. The van der Waals surface area contributed by atoms with E-state index in [0.717, 1.165) is 54.1 Å². The van der Waals surface area contributed by atoms with Gasteiger partial charge in [0.05, 0.1) is 5.69 Å². The van der Waals surface area contributed by atoms with Crippen LogP contribution in [0.4, 0.5) is 5.69 Å². The van der Waals surface area contributed by atoms with Crippen molar-refractivity contribution in [2.75, 3.05) is 39.5 Å². The molecule has 1 aliphatic rings. The number of aromatic nitrogens is 2. The second-order valence-corrected chi connectivity index (χ2v) is 10.4. The maximum Gasteiger partial charge on any atom is 0.257 e. The van der Waals surface area contributed by atoms with Gasteiger partial charge in [0.25, 0.3) is 11.5 Å². The van der Waals surface area contributed by atoms with Crippen molar-refractivity contribution in [2.45, 2.75) is 45.6 Å². The molecule has 1 atom stereocenters. The van der Waals surface area contributed by atoms with Gasteiger partial charge >= 0.3 is 0 Å². The van der Waals surface area contributed by atoms with E-state index in [2.05, 4.69) is 47.3 Å². The summed E-state index contributed by atoms with van der Waals surface area (Å²) < 4.78 is 1.68. The minimum absolute atomic E-state index is 0.0364. The molecule has 2 aromatic heterocycles.